The van der Waals surface area contributed by atoms with Gasteiger partial charge < -0.3 is 10.3 Å². The molecule has 2 N–H and O–H groups in total. The molecular weight excluding hydrogens is 252 g/mol. The largest absolute Gasteiger partial charge is 0.339 e. The lowest BCUT2D eigenvalue weighted by Gasteiger charge is -2.24. The second kappa shape index (κ2) is 4.66. The van der Waals surface area contributed by atoms with Crippen LogP contribution in [0.3, 0.4) is 0 Å². The molecule has 2 heterocycles. The molecule has 2 aromatic rings. The number of hydrogen-bond acceptors (Lipinski definition) is 5. The SMILES string of the molecule is NC1C2CCC(C2)C1c1nc(Cc2ccncc2)no1. The highest BCUT2D eigenvalue weighted by Gasteiger charge is 2.48. The van der Waals surface area contributed by atoms with Crippen LogP contribution in [0.4, 0.5) is 0 Å². The molecule has 0 amide bonds. The first kappa shape index (κ1) is 12.0. The first-order valence-electron chi connectivity index (χ1n) is 7.28. The van der Waals surface area contributed by atoms with Crippen LogP contribution in [0.2, 0.25) is 0 Å². The van der Waals surface area contributed by atoms with Crippen LogP contribution in [0.1, 0.15) is 42.5 Å². The minimum Gasteiger partial charge on any atom is -0.339 e. The summed E-state index contributed by atoms with van der Waals surface area (Å²) in [7, 11) is 0. The van der Waals surface area contributed by atoms with Crippen molar-refractivity contribution in [2.45, 2.75) is 37.6 Å². The smallest absolute Gasteiger partial charge is 0.231 e. The Bertz CT molecular complexity index is 595. The molecule has 0 aliphatic heterocycles. The molecule has 5 heteroatoms. The van der Waals surface area contributed by atoms with Crippen LogP contribution in [0.5, 0.6) is 0 Å². The van der Waals surface area contributed by atoms with E-state index in [1.54, 1.807) is 12.4 Å². The summed E-state index contributed by atoms with van der Waals surface area (Å²) < 4.78 is 5.49. The molecule has 2 fully saturated rings. The predicted octanol–water partition coefficient (Wildman–Crippen LogP) is 1.90. The molecular formula is C15H18N4O. The number of pyridine rings is 1. The first-order valence-corrected chi connectivity index (χ1v) is 7.28. The molecule has 4 atom stereocenters. The van der Waals surface area contributed by atoms with Crippen LogP contribution in [-0.4, -0.2) is 21.2 Å². The third-order valence-electron chi connectivity index (χ3n) is 4.86. The van der Waals surface area contributed by atoms with E-state index in [-0.39, 0.29) is 12.0 Å². The summed E-state index contributed by atoms with van der Waals surface area (Å²) in [5.74, 6) is 3.05. The Balaban J connectivity index is 1.54. The summed E-state index contributed by atoms with van der Waals surface area (Å²) in [4.78, 5) is 8.59. The maximum absolute atomic E-state index is 6.32. The highest BCUT2D eigenvalue weighted by atomic mass is 16.5. The van der Waals surface area contributed by atoms with Gasteiger partial charge in [-0.25, -0.2) is 0 Å². The molecule has 20 heavy (non-hydrogen) atoms. The van der Waals surface area contributed by atoms with Crippen molar-refractivity contribution >= 4 is 0 Å². The van der Waals surface area contributed by atoms with E-state index in [1.807, 2.05) is 12.1 Å². The van der Waals surface area contributed by atoms with Crippen LogP contribution in [0.25, 0.3) is 0 Å². The number of aromatic nitrogens is 3. The molecule has 2 aliphatic carbocycles. The molecule has 4 rings (SSSR count). The number of rotatable bonds is 3. The Hall–Kier alpha value is -1.75. The molecule has 2 aliphatic rings. The summed E-state index contributed by atoms with van der Waals surface area (Å²) in [6.07, 6.45) is 7.99. The van der Waals surface area contributed by atoms with Crippen molar-refractivity contribution in [1.82, 2.24) is 15.1 Å². The third kappa shape index (κ3) is 1.93. The number of fused-ring (bicyclic) bond motifs is 2. The van der Waals surface area contributed by atoms with Crippen LogP contribution < -0.4 is 5.73 Å². The van der Waals surface area contributed by atoms with Gasteiger partial charge >= 0.3 is 0 Å². The van der Waals surface area contributed by atoms with Gasteiger partial charge in [-0.15, -0.1) is 0 Å². The Labute approximate surface area is 117 Å². The Kier molecular flexibility index (Phi) is 2.80. The van der Waals surface area contributed by atoms with Crippen LogP contribution in [0.15, 0.2) is 29.0 Å². The van der Waals surface area contributed by atoms with Crippen molar-refractivity contribution < 1.29 is 4.52 Å². The maximum atomic E-state index is 6.32. The second-order valence-electron chi connectivity index (χ2n) is 6.02. The van der Waals surface area contributed by atoms with Gasteiger partial charge in [0.1, 0.15) is 0 Å². The van der Waals surface area contributed by atoms with E-state index in [2.05, 4.69) is 15.1 Å². The zero-order chi connectivity index (χ0) is 13.5. The Morgan fingerprint density at radius 1 is 1.20 bits per heavy atom. The fourth-order valence-electron chi connectivity index (χ4n) is 3.86. The average molecular weight is 270 g/mol. The van der Waals surface area contributed by atoms with E-state index in [0.29, 0.717) is 18.3 Å². The van der Waals surface area contributed by atoms with Gasteiger partial charge in [0, 0.05) is 24.9 Å². The lowest BCUT2D eigenvalue weighted by molar-refractivity contribution is 0.278. The summed E-state index contributed by atoms with van der Waals surface area (Å²) >= 11 is 0. The number of nitrogens with zero attached hydrogens (tertiary/aromatic N) is 3. The number of hydrogen-bond donors (Lipinski definition) is 1. The van der Waals surface area contributed by atoms with E-state index in [1.165, 1.54) is 19.3 Å². The zero-order valence-electron chi connectivity index (χ0n) is 11.3. The van der Waals surface area contributed by atoms with E-state index in [4.69, 9.17) is 10.3 Å². The van der Waals surface area contributed by atoms with Crippen molar-refractivity contribution in [3.05, 3.63) is 41.8 Å². The quantitative estimate of drug-likeness (QED) is 0.921. The van der Waals surface area contributed by atoms with Crippen LogP contribution >= 0.6 is 0 Å². The van der Waals surface area contributed by atoms with Gasteiger partial charge in [0.2, 0.25) is 5.89 Å². The molecule has 2 bridgehead atoms. The first-order chi connectivity index (χ1) is 9.81. The molecule has 2 aromatic heterocycles. The van der Waals surface area contributed by atoms with Crippen LogP contribution in [-0.2, 0) is 6.42 Å². The lowest BCUT2D eigenvalue weighted by Crippen LogP contribution is -2.34. The summed E-state index contributed by atoms with van der Waals surface area (Å²) in [5, 5.41) is 4.11. The molecule has 4 unspecified atom stereocenters. The standard InChI is InChI=1S/C15H18N4O/c16-14-11-2-1-10(8-11)13(14)15-18-12(19-20-15)7-9-3-5-17-6-4-9/h3-6,10-11,13-14H,1-2,7-8,16H2. The van der Waals surface area contributed by atoms with Gasteiger partial charge in [0.25, 0.3) is 0 Å². The molecule has 0 saturated heterocycles. The topological polar surface area (TPSA) is 77.8 Å². The minimum atomic E-state index is 0.197. The fourth-order valence-corrected chi connectivity index (χ4v) is 3.86. The molecule has 2 saturated carbocycles. The average Bonchev–Trinajstić information content (AvgIpc) is 3.16. The molecule has 0 aromatic carbocycles. The Morgan fingerprint density at radius 3 is 2.75 bits per heavy atom. The molecule has 0 spiro atoms. The lowest BCUT2D eigenvalue weighted by atomic mass is 9.85. The summed E-state index contributed by atoms with van der Waals surface area (Å²) in [6, 6.07) is 4.14. The predicted molar refractivity (Wildman–Crippen MR) is 72.9 cm³/mol. The van der Waals surface area contributed by atoms with Gasteiger partial charge in [0.05, 0.1) is 5.92 Å². The van der Waals surface area contributed by atoms with Crippen molar-refractivity contribution in [3.8, 4) is 0 Å². The van der Waals surface area contributed by atoms with Crippen molar-refractivity contribution in [1.29, 1.82) is 0 Å². The number of nitrogens with two attached hydrogens (primary N) is 1. The highest BCUT2D eigenvalue weighted by molar-refractivity contribution is 5.16. The third-order valence-corrected chi connectivity index (χ3v) is 4.86. The van der Waals surface area contributed by atoms with Crippen molar-refractivity contribution in [2.75, 3.05) is 0 Å². The van der Waals surface area contributed by atoms with Crippen LogP contribution in [0, 0.1) is 11.8 Å². The van der Waals surface area contributed by atoms with E-state index in [0.717, 1.165) is 17.3 Å². The highest BCUT2D eigenvalue weighted by Crippen LogP contribution is 2.51. The second-order valence-corrected chi connectivity index (χ2v) is 6.02. The van der Waals surface area contributed by atoms with Gasteiger partial charge in [-0.2, -0.15) is 4.98 Å². The van der Waals surface area contributed by atoms with Crippen molar-refractivity contribution in [3.63, 3.8) is 0 Å². The van der Waals surface area contributed by atoms with Gasteiger partial charge in [-0.05, 0) is 48.8 Å². The summed E-state index contributed by atoms with van der Waals surface area (Å²) in [6.45, 7) is 0. The van der Waals surface area contributed by atoms with Gasteiger partial charge in [-0.1, -0.05) is 5.16 Å². The van der Waals surface area contributed by atoms with Gasteiger partial charge in [-0.3, -0.25) is 4.98 Å². The zero-order valence-corrected chi connectivity index (χ0v) is 11.3. The molecule has 0 radical (unpaired) electrons. The van der Waals surface area contributed by atoms with Gasteiger partial charge in [0.15, 0.2) is 5.82 Å². The molecule has 5 nitrogen and oxygen atoms in total. The fraction of sp³-hybridized carbons (Fsp3) is 0.533. The summed E-state index contributed by atoms with van der Waals surface area (Å²) in [5.41, 5.74) is 7.47. The Morgan fingerprint density at radius 2 is 2.00 bits per heavy atom. The normalized spacial score (nSPS) is 31.9. The van der Waals surface area contributed by atoms with E-state index < -0.39 is 0 Å². The monoisotopic (exact) mass is 270 g/mol. The molecule has 104 valence electrons. The van der Waals surface area contributed by atoms with E-state index >= 15 is 0 Å². The van der Waals surface area contributed by atoms with E-state index in [9.17, 15) is 0 Å². The van der Waals surface area contributed by atoms with Crippen molar-refractivity contribution in [2.24, 2.45) is 17.6 Å². The maximum Gasteiger partial charge on any atom is 0.231 e. The minimum absolute atomic E-state index is 0.197.